The van der Waals surface area contributed by atoms with Gasteiger partial charge in [-0.05, 0) is 37.1 Å². The van der Waals surface area contributed by atoms with Crippen molar-refractivity contribution in [1.29, 1.82) is 0 Å². The highest BCUT2D eigenvalue weighted by Crippen LogP contribution is 2.28. The minimum absolute atomic E-state index is 0.0959. The van der Waals surface area contributed by atoms with Gasteiger partial charge in [-0.1, -0.05) is 78.0 Å². The summed E-state index contributed by atoms with van der Waals surface area (Å²) in [4.78, 5) is 12.4. The summed E-state index contributed by atoms with van der Waals surface area (Å²) in [6, 6.07) is 23.2. The van der Waals surface area contributed by atoms with Crippen LogP contribution in [0.5, 0.6) is 5.75 Å². The maximum absolute atomic E-state index is 12.4. The van der Waals surface area contributed by atoms with Crippen molar-refractivity contribution in [2.24, 2.45) is 5.10 Å². The molecule has 0 unspecified atom stereocenters. The highest BCUT2D eigenvalue weighted by atomic mass is 32.2. The number of rotatable bonds is 9. The van der Waals surface area contributed by atoms with Crippen LogP contribution in [0.1, 0.15) is 16.7 Å². The van der Waals surface area contributed by atoms with Crippen LogP contribution in [0.4, 0.5) is 0 Å². The first-order valence-corrected chi connectivity index (χ1v) is 12.0. The summed E-state index contributed by atoms with van der Waals surface area (Å²) < 4.78 is 1.94. The summed E-state index contributed by atoms with van der Waals surface area (Å²) in [5, 5.41) is 23.6. The van der Waals surface area contributed by atoms with Gasteiger partial charge in [0.2, 0.25) is 0 Å². The van der Waals surface area contributed by atoms with Crippen molar-refractivity contribution in [1.82, 2.24) is 20.2 Å². The lowest BCUT2D eigenvalue weighted by atomic mass is 10.1. The lowest BCUT2D eigenvalue weighted by Gasteiger charge is -2.10. The van der Waals surface area contributed by atoms with E-state index in [4.69, 9.17) is 0 Å². The van der Waals surface area contributed by atoms with Crippen molar-refractivity contribution in [3.8, 4) is 22.8 Å². The predicted molar refractivity (Wildman–Crippen MR) is 140 cm³/mol. The molecule has 0 aliphatic heterocycles. The second kappa shape index (κ2) is 11.3. The maximum atomic E-state index is 12.4. The molecule has 3 aromatic carbocycles. The van der Waals surface area contributed by atoms with E-state index in [2.05, 4.69) is 27.3 Å². The summed E-state index contributed by atoms with van der Waals surface area (Å²) >= 11 is 1.27. The zero-order chi connectivity index (χ0) is 24.6. The monoisotopic (exact) mass is 483 g/mol. The van der Waals surface area contributed by atoms with Crippen LogP contribution in [0.2, 0.25) is 0 Å². The van der Waals surface area contributed by atoms with Gasteiger partial charge >= 0.3 is 0 Å². The van der Waals surface area contributed by atoms with Gasteiger partial charge in [-0.2, -0.15) is 5.10 Å². The molecule has 4 rings (SSSR count). The largest absolute Gasteiger partial charge is 0.507 e. The van der Waals surface area contributed by atoms with E-state index < -0.39 is 0 Å². The average Bonchev–Trinajstić information content (AvgIpc) is 3.30. The van der Waals surface area contributed by atoms with E-state index in [1.807, 2.05) is 78.2 Å². The van der Waals surface area contributed by atoms with Crippen LogP contribution in [0.25, 0.3) is 17.1 Å². The number of hydrazone groups is 1. The quantitative estimate of drug-likeness (QED) is 0.153. The molecule has 7 nitrogen and oxygen atoms in total. The number of nitrogens with zero attached hydrogens (tertiary/aromatic N) is 4. The number of amides is 1. The molecular weight excluding hydrogens is 458 g/mol. The molecule has 0 bridgehead atoms. The van der Waals surface area contributed by atoms with Gasteiger partial charge in [-0.25, -0.2) is 5.43 Å². The highest BCUT2D eigenvalue weighted by Gasteiger charge is 2.17. The third-order valence-electron chi connectivity index (χ3n) is 5.20. The number of aromatic hydroxyl groups is 1. The maximum Gasteiger partial charge on any atom is 0.250 e. The molecule has 0 aliphatic carbocycles. The number of carbonyl (C=O) groups excluding carboxylic acids is 1. The SMILES string of the molecule is C=CCc1cccc(/C=N/NC(=O)CSc2nnc(-c3ccc(C)cc3)n2-c2ccccc2)c1O. The number of carbonyl (C=O) groups is 1. The molecule has 1 amide bonds. The first kappa shape index (κ1) is 24.0. The van der Waals surface area contributed by atoms with Crippen LogP contribution in [-0.2, 0) is 11.2 Å². The Bertz CT molecular complexity index is 1350. The van der Waals surface area contributed by atoms with Gasteiger partial charge in [-0.15, -0.1) is 16.8 Å². The Morgan fingerprint density at radius 2 is 1.86 bits per heavy atom. The molecule has 176 valence electrons. The topological polar surface area (TPSA) is 92.4 Å². The van der Waals surface area contributed by atoms with Crippen molar-refractivity contribution in [3.63, 3.8) is 0 Å². The van der Waals surface area contributed by atoms with Crippen molar-refractivity contribution >= 4 is 23.9 Å². The van der Waals surface area contributed by atoms with E-state index in [-0.39, 0.29) is 17.4 Å². The number of para-hydroxylation sites is 2. The minimum Gasteiger partial charge on any atom is -0.507 e. The number of hydrogen-bond acceptors (Lipinski definition) is 6. The Kier molecular flexibility index (Phi) is 7.74. The van der Waals surface area contributed by atoms with Gasteiger partial charge in [0.25, 0.3) is 5.91 Å². The Morgan fingerprint density at radius 3 is 2.60 bits per heavy atom. The number of hydrogen-bond donors (Lipinski definition) is 2. The second-order valence-electron chi connectivity index (χ2n) is 7.77. The third kappa shape index (κ3) is 5.85. The van der Waals surface area contributed by atoms with Crippen LogP contribution >= 0.6 is 11.8 Å². The predicted octanol–water partition coefficient (Wildman–Crippen LogP) is 4.92. The lowest BCUT2D eigenvalue weighted by Crippen LogP contribution is -2.20. The van der Waals surface area contributed by atoms with Gasteiger partial charge in [0.15, 0.2) is 11.0 Å². The Morgan fingerprint density at radius 1 is 1.09 bits per heavy atom. The van der Waals surface area contributed by atoms with Crippen LogP contribution in [0.15, 0.2) is 95.7 Å². The molecule has 0 saturated carbocycles. The zero-order valence-corrected chi connectivity index (χ0v) is 20.1. The first-order chi connectivity index (χ1) is 17.1. The van der Waals surface area contributed by atoms with Crippen molar-refractivity contribution in [3.05, 3.63) is 102 Å². The average molecular weight is 484 g/mol. The summed E-state index contributed by atoms with van der Waals surface area (Å²) in [7, 11) is 0. The number of allylic oxidation sites excluding steroid dienone is 1. The van der Waals surface area contributed by atoms with Crippen molar-refractivity contribution in [2.45, 2.75) is 18.5 Å². The summed E-state index contributed by atoms with van der Waals surface area (Å²) in [6.45, 7) is 5.72. The fourth-order valence-electron chi connectivity index (χ4n) is 3.43. The Labute approximate surface area is 208 Å². The molecular formula is C27H25N5O2S. The Balaban J connectivity index is 1.47. The molecule has 0 fully saturated rings. The molecule has 35 heavy (non-hydrogen) atoms. The van der Waals surface area contributed by atoms with E-state index in [0.717, 1.165) is 22.4 Å². The van der Waals surface area contributed by atoms with Crippen LogP contribution in [0.3, 0.4) is 0 Å². The molecule has 1 aromatic heterocycles. The highest BCUT2D eigenvalue weighted by molar-refractivity contribution is 7.99. The number of phenolic OH excluding ortho intramolecular Hbond substituents is 1. The number of phenols is 1. The molecule has 4 aromatic rings. The molecule has 0 radical (unpaired) electrons. The van der Waals surface area contributed by atoms with E-state index in [9.17, 15) is 9.90 Å². The number of thioether (sulfide) groups is 1. The van der Waals surface area contributed by atoms with E-state index in [0.29, 0.717) is 23.0 Å². The molecule has 0 saturated heterocycles. The second-order valence-corrected chi connectivity index (χ2v) is 8.72. The molecule has 0 atom stereocenters. The third-order valence-corrected chi connectivity index (χ3v) is 6.13. The van der Waals surface area contributed by atoms with Gasteiger partial charge in [0.05, 0.1) is 12.0 Å². The standard InChI is InChI=1S/C27H25N5O2S/c1-3-8-20-9-7-10-22(25(20)34)17-28-29-24(33)18-35-27-31-30-26(21-15-13-19(2)14-16-21)32(27)23-11-5-4-6-12-23/h3-7,9-17,34H,1,8,18H2,2H3,(H,29,33)/b28-17+. The molecule has 0 spiro atoms. The Hall–Kier alpha value is -4.17. The van der Waals surface area contributed by atoms with Gasteiger partial charge < -0.3 is 5.11 Å². The number of aryl methyl sites for hydroxylation is 1. The molecule has 8 heteroatoms. The smallest absolute Gasteiger partial charge is 0.250 e. The lowest BCUT2D eigenvalue weighted by molar-refractivity contribution is -0.118. The van der Waals surface area contributed by atoms with Crippen LogP contribution < -0.4 is 5.43 Å². The zero-order valence-electron chi connectivity index (χ0n) is 19.3. The normalized spacial score (nSPS) is 11.0. The van der Waals surface area contributed by atoms with E-state index >= 15 is 0 Å². The number of benzene rings is 3. The van der Waals surface area contributed by atoms with Crippen molar-refractivity contribution < 1.29 is 9.90 Å². The van der Waals surface area contributed by atoms with E-state index in [1.54, 1.807) is 12.1 Å². The van der Waals surface area contributed by atoms with Gasteiger partial charge in [0, 0.05) is 16.8 Å². The van der Waals surface area contributed by atoms with Crippen molar-refractivity contribution in [2.75, 3.05) is 5.75 Å². The van der Waals surface area contributed by atoms with E-state index in [1.165, 1.54) is 18.0 Å². The number of aromatic nitrogens is 3. The summed E-state index contributed by atoms with van der Waals surface area (Å²) in [5.74, 6) is 0.623. The molecule has 0 aliphatic rings. The van der Waals surface area contributed by atoms with Gasteiger partial charge in [-0.3, -0.25) is 9.36 Å². The first-order valence-electron chi connectivity index (χ1n) is 11.0. The fourth-order valence-corrected chi connectivity index (χ4v) is 4.18. The van der Waals surface area contributed by atoms with Gasteiger partial charge in [0.1, 0.15) is 5.75 Å². The summed E-state index contributed by atoms with van der Waals surface area (Å²) in [5.41, 5.74) is 6.77. The van der Waals surface area contributed by atoms with Crippen LogP contribution in [0, 0.1) is 6.92 Å². The van der Waals surface area contributed by atoms with Crippen LogP contribution in [-0.4, -0.2) is 37.7 Å². The minimum atomic E-state index is -0.299. The summed E-state index contributed by atoms with van der Waals surface area (Å²) in [6.07, 6.45) is 3.68. The molecule has 2 N–H and O–H groups in total. The fraction of sp³-hybridized carbons (Fsp3) is 0.111. The number of nitrogens with one attached hydrogen (secondary N) is 1. The molecule has 1 heterocycles.